The fourth-order valence-corrected chi connectivity index (χ4v) is 5.16. The smallest absolute Gasteiger partial charge is 0.463 e. The van der Waals surface area contributed by atoms with Crippen molar-refractivity contribution in [1.82, 2.24) is 0 Å². The van der Waals surface area contributed by atoms with Gasteiger partial charge in [0.1, 0.15) is 30.7 Å². The number of rotatable bonds is 11. The number of alkyl halides is 3. The highest BCUT2D eigenvalue weighted by Gasteiger charge is 2.52. The van der Waals surface area contributed by atoms with Gasteiger partial charge in [-0.15, -0.1) is 0 Å². The van der Waals surface area contributed by atoms with Crippen LogP contribution in [0, 0.1) is 0 Å². The van der Waals surface area contributed by atoms with Crippen LogP contribution in [-0.4, -0.2) is 74.3 Å². The van der Waals surface area contributed by atoms with Crippen molar-refractivity contribution in [1.29, 1.82) is 0 Å². The summed E-state index contributed by atoms with van der Waals surface area (Å²) in [5.41, 5.74) is -4.25. The van der Waals surface area contributed by atoms with Crippen molar-refractivity contribution < 1.29 is 68.9 Å². The molecule has 0 spiro atoms. The molecule has 0 saturated carbocycles. The summed E-state index contributed by atoms with van der Waals surface area (Å²) in [7, 11) is -5.85. The SMILES string of the molecule is CC(=O)OC[C@H]1O[C@@H](c2ccc(Cl)c(Cc3ccc(OS(=O)(=O)C(F)(F)F)cc3)c2)[C@H](OC(C)=O)C(OC(C)=O)[C@@H]1OC(C)O. The Labute approximate surface area is 261 Å². The van der Waals surface area contributed by atoms with Gasteiger partial charge in [0.25, 0.3) is 0 Å². The molecule has 1 N–H and O–H groups in total. The largest absolute Gasteiger partial charge is 0.534 e. The molecule has 1 fully saturated rings. The summed E-state index contributed by atoms with van der Waals surface area (Å²) in [6.45, 7) is 4.31. The predicted molar refractivity (Wildman–Crippen MR) is 148 cm³/mol. The van der Waals surface area contributed by atoms with E-state index in [0.29, 0.717) is 16.7 Å². The third kappa shape index (κ3) is 9.77. The van der Waals surface area contributed by atoms with Crippen LogP contribution in [0.5, 0.6) is 5.75 Å². The Kier molecular flexibility index (Phi) is 11.8. The highest BCUT2D eigenvalue weighted by Crippen LogP contribution is 2.39. The summed E-state index contributed by atoms with van der Waals surface area (Å²) in [6.07, 6.45) is -7.45. The van der Waals surface area contributed by atoms with E-state index < -0.39 is 76.1 Å². The van der Waals surface area contributed by atoms with Crippen molar-refractivity contribution in [3.63, 3.8) is 0 Å². The molecule has 248 valence electrons. The highest BCUT2D eigenvalue weighted by atomic mass is 35.5. The van der Waals surface area contributed by atoms with Crippen LogP contribution in [0.25, 0.3) is 0 Å². The highest BCUT2D eigenvalue weighted by molar-refractivity contribution is 7.88. The summed E-state index contributed by atoms with van der Waals surface area (Å²) in [6, 6.07) is 9.42. The van der Waals surface area contributed by atoms with Gasteiger partial charge in [-0.25, -0.2) is 0 Å². The van der Waals surface area contributed by atoms with E-state index in [1.165, 1.54) is 25.1 Å². The number of hydrogen-bond donors (Lipinski definition) is 1. The zero-order valence-corrected chi connectivity index (χ0v) is 25.9. The first-order chi connectivity index (χ1) is 20.9. The van der Waals surface area contributed by atoms with Crippen molar-refractivity contribution in [3.05, 3.63) is 64.2 Å². The maximum absolute atomic E-state index is 12.7. The first kappa shape index (κ1) is 36.0. The first-order valence-electron chi connectivity index (χ1n) is 13.2. The second kappa shape index (κ2) is 14.8. The fraction of sp³-hybridized carbons (Fsp3) is 0.464. The summed E-state index contributed by atoms with van der Waals surface area (Å²) in [4.78, 5) is 35.9. The number of halogens is 4. The summed E-state index contributed by atoms with van der Waals surface area (Å²) in [5, 5.41) is 10.2. The van der Waals surface area contributed by atoms with E-state index in [0.717, 1.165) is 32.9 Å². The van der Waals surface area contributed by atoms with E-state index >= 15 is 0 Å². The number of esters is 3. The van der Waals surface area contributed by atoms with Gasteiger partial charge in [0.2, 0.25) is 0 Å². The lowest BCUT2D eigenvalue weighted by atomic mass is 9.89. The first-order valence-corrected chi connectivity index (χ1v) is 15.0. The minimum absolute atomic E-state index is 0.0991. The molecule has 0 amide bonds. The van der Waals surface area contributed by atoms with Gasteiger partial charge in [0, 0.05) is 25.8 Å². The molecule has 2 aromatic rings. The van der Waals surface area contributed by atoms with Gasteiger partial charge >= 0.3 is 33.5 Å². The van der Waals surface area contributed by atoms with Crippen molar-refractivity contribution in [2.75, 3.05) is 6.61 Å². The normalized spacial score (nSPS) is 22.6. The monoisotopic (exact) mass is 682 g/mol. The lowest BCUT2D eigenvalue weighted by molar-refractivity contribution is -0.281. The molecule has 45 heavy (non-hydrogen) atoms. The minimum atomic E-state index is -5.85. The van der Waals surface area contributed by atoms with Crippen LogP contribution in [0.4, 0.5) is 13.2 Å². The van der Waals surface area contributed by atoms with Crippen LogP contribution in [0.2, 0.25) is 5.02 Å². The van der Waals surface area contributed by atoms with E-state index in [1.54, 1.807) is 12.1 Å². The Morgan fingerprint density at radius 1 is 0.956 bits per heavy atom. The number of carbonyl (C=O) groups is 3. The summed E-state index contributed by atoms with van der Waals surface area (Å²) >= 11 is 6.44. The van der Waals surface area contributed by atoms with E-state index in [1.807, 2.05) is 0 Å². The molecule has 1 saturated heterocycles. The molecule has 0 radical (unpaired) electrons. The molecule has 6 atom stereocenters. The average molecular weight is 683 g/mol. The molecule has 0 aliphatic carbocycles. The molecule has 1 heterocycles. The quantitative estimate of drug-likeness (QED) is 0.120. The number of aliphatic hydroxyl groups excluding tert-OH is 1. The second-order valence-corrected chi connectivity index (χ2v) is 11.8. The molecule has 1 aliphatic heterocycles. The van der Waals surface area contributed by atoms with Crippen molar-refractivity contribution in [2.24, 2.45) is 0 Å². The maximum atomic E-state index is 12.7. The molecular formula is C28H30ClF3O12S. The predicted octanol–water partition coefficient (Wildman–Crippen LogP) is 3.75. The third-order valence-corrected chi connectivity index (χ3v) is 7.60. The van der Waals surface area contributed by atoms with Crippen LogP contribution < -0.4 is 4.18 Å². The van der Waals surface area contributed by atoms with Crippen LogP contribution in [0.3, 0.4) is 0 Å². The van der Waals surface area contributed by atoms with Crippen LogP contribution in [-0.2, 0) is 54.6 Å². The van der Waals surface area contributed by atoms with Crippen LogP contribution in [0.1, 0.15) is 50.5 Å². The van der Waals surface area contributed by atoms with Gasteiger partial charge in [0.05, 0.1) is 0 Å². The van der Waals surface area contributed by atoms with Crippen molar-refractivity contribution in [2.45, 2.75) is 76.4 Å². The number of benzene rings is 2. The zero-order valence-electron chi connectivity index (χ0n) is 24.3. The lowest BCUT2D eigenvalue weighted by Gasteiger charge is -2.45. The lowest BCUT2D eigenvalue weighted by Crippen LogP contribution is -2.59. The Morgan fingerprint density at radius 3 is 2.09 bits per heavy atom. The molecule has 2 unspecified atom stereocenters. The van der Waals surface area contributed by atoms with Gasteiger partial charge in [-0.2, -0.15) is 21.6 Å². The molecule has 12 nitrogen and oxygen atoms in total. The second-order valence-electron chi connectivity index (χ2n) is 9.90. The van der Waals surface area contributed by atoms with E-state index in [4.69, 9.17) is 35.3 Å². The average Bonchev–Trinajstić information content (AvgIpc) is 2.90. The van der Waals surface area contributed by atoms with E-state index in [-0.39, 0.29) is 18.1 Å². The number of ether oxygens (including phenoxy) is 5. The molecule has 1 aliphatic rings. The third-order valence-electron chi connectivity index (χ3n) is 6.25. The molecule has 0 bridgehead atoms. The number of aliphatic hydroxyl groups is 1. The Morgan fingerprint density at radius 2 is 1.56 bits per heavy atom. The van der Waals surface area contributed by atoms with Gasteiger partial charge in [0.15, 0.2) is 18.5 Å². The van der Waals surface area contributed by atoms with Gasteiger partial charge < -0.3 is 33.0 Å². The Hall–Kier alpha value is -3.44. The van der Waals surface area contributed by atoms with Crippen LogP contribution >= 0.6 is 11.6 Å². The molecule has 3 rings (SSSR count). The Bertz CT molecular complexity index is 1480. The Balaban J connectivity index is 1.99. The number of carbonyl (C=O) groups excluding carboxylic acids is 3. The van der Waals surface area contributed by atoms with E-state index in [9.17, 15) is 41.1 Å². The standard InChI is InChI=1S/C28H30ClF3O12S/c1-14(33)39-13-23-25(40-15(2)34)27(42-17(4)36)26(41-16(3)35)24(43-23)19-7-10-22(29)20(12-19)11-18-5-8-21(9-6-18)44-45(37,38)28(30,31)32/h5-10,12,15,23-27,34H,11,13H2,1-4H3/t15?,23-,24+,25-,26+,27?/m1/s1. The van der Waals surface area contributed by atoms with E-state index in [2.05, 4.69) is 4.18 Å². The number of hydrogen-bond acceptors (Lipinski definition) is 12. The fourth-order valence-electron chi connectivity index (χ4n) is 4.52. The van der Waals surface area contributed by atoms with Crippen LogP contribution in [0.15, 0.2) is 42.5 Å². The topological polar surface area (TPSA) is 161 Å². The summed E-state index contributed by atoms with van der Waals surface area (Å²) in [5.74, 6) is -2.74. The molecular weight excluding hydrogens is 653 g/mol. The van der Waals surface area contributed by atoms with Gasteiger partial charge in [-0.05, 0) is 48.2 Å². The van der Waals surface area contributed by atoms with Gasteiger partial charge in [-0.3, -0.25) is 14.4 Å². The molecule has 0 aromatic heterocycles. The van der Waals surface area contributed by atoms with Crippen molar-refractivity contribution in [3.8, 4) is 5.75 Å². The minimum Gasteiger partial charge on any atom is -0.463 e. The zero-order chi connectivity index (χ0) is 33.7. The maximum Gasteiger partial charge on any atom is 0.534 e. The molecule has 2 aromatic carbocycles. The summed E-state index contributed by atoms with van der Waals surface area (Å²) < 4.78 is 92.6. The van der Waals surface area contributed by atoms with Gasteiger partial charge in [-0.1, -0.05) is 35.9 Å². The molecule has 17 heteroatoms. The van der Waals surface area contributed by atoms with Crippen molar-refractivity contribution >= 4 is 39.6 Å².